The zero-order valence-electron chi connectivity index (χ0n) is 18.7. The van der Waals surface area contributed by atoms with E-state index in [2.05, 4.69) is 51.4 Å². The molecule has 5 rings (SSSR count). The molecule has 0 spiro atoms. The summed E-state index contributed by atoms with van der Waals surface area (Å²) in [4.78, 5) is 28.0. The van der Waals surface area contributed by atoms with Crippen LogP contribution >= 0.6 is 23.2 Å². The molecule has 0 radical (unpaired) electrons. The van der Waals surface area contributed by atoms with Gasteiger partial charge in [0, 0.05) is 17.9 Å². The Labute approximate surface area is 206 Å². The van der Waals surface area contributed by atoms with Gasteiger partial charge in [-0.15, -0.1) is 0 Å². The van der Waals surface area contributed by atoms with Crippen molar-refractivity contribution in [1.29, 1.82) is 0 Å². The molecule has 34 heavy (non-hydrogen) atoms. The number of halogens is 2. The van der Waals surface area contributed by atoms with Gasteiger partial charge >= 0.3 is 5.69 Å². The fraction of sp³-hybridized carbons (Fsp3) is 0.250. The van der Waals surface area contributed by atoms with Crippen LogP contribution in [-0.2, 0) is 12.8 Å². The minimum atomic E-state index is -0.631. The van der Waals surface area contributed by atoms with Crippen LogP contribution < -0.4 is 16.7 Å². The van der Waals surface area contributed by atoms with Crippen molar-refractivity contribution in [2.75, 3.05) is 25.1 Å². The molecule has 2 aromatic carbocycles. The lowest BCUT2D eigenvalue weighted by Gasteiger charge is -2.30. The number of nitrogens with two attached hydrogens (primary N) is 1. The van der Waals surface area contributed by atoms with E-state index in [1.807, 2.05) is 6.07 Å². The minimum absolute atomic E-state index is 0.111. The number of fused-ring (bicyclic) bond motifs is 2. The van der Waals surface area contributed by atoms with Crippen LogP contribution in [0, 0.1) is 0 Å². The Kier molecular flexibility index (Phi) is 5.89. The molecule has 0 amide bonds. The van der Waals surface area contributed by atoms with Crippen LogP contribution in [0.15, 0.2) is 47.4 Å². The van der Waals surface area contributed by atoms with Gasteiger partial charge in [0.15, 0.2) is 5.65 Å². The lowest BCUT2D eigenvalue weighted by Crippen LogP contribution is -2.33. The van der Waals surface area contributed by atoms with E-state index in [0.29, 0.717) is 17.4 Å². The average Bonchev–Trinajstić information content (AvgIpc) is 2.80. The van der Waals surface area contributed by atoms with Gasteiger partial charge in [0.25, 0.3) is 0 Å². The number of benzene rings is 2. The van der Waals surface area contributed by atoms with E-state index in [-0.39, 0.29) is 27.2 Å². The molecule has 1 aliphatic carbocycles. The van der Waals surface area contributed by atoms with E-state index >= 15 is 0 Å². The van der Waals surface area contributed by atoms with Crippen LogP contribution in [0.5, 0.6) is 0 Å². The molecule has 3 N–H and O–H groups in total. The molecule has 4 aromatic rings. The van der Waals surface area contributed by atoms with Gasteiger partial charge in [-0.2, -0.15) is 9.97 Å². The first-order chi connectivity index (χ1) is 16.3. The molecule has 0 aliphatic heterocycles. The average molecular weight is 496 g/mol. The molecule has 0 saturated carbocycles. The van der Waals surface area contributed by atoms with Crippen molar-refractivity contribution < 1.29 is 0 Å². The summed E-state index contributed by atoms with van der Waals surface area (Å²) in [5.74, 6) is 0.437. The summed E-state index contributed by atoms with van der Waals surface area (Å²) in [5.41, 5.74) is 9.70. The first-order valence-electron chi connectivity index (χ1n) is 10.9. The van der Waals surface area contributed by atoms with E-state index in [4.69, 9.17) is 28.9 Å². The van der Waals surface area contributed by atoms with Gasteiger partial charge in [-0.3, -0.25) is 0 Å². The maximum atomic E-state index is 12.8. The van der Waals surface area contributed by atoms with Crippen molar-refractivity contribution in [3.8, 4) is 5.69 Å². The summed E-state index contributed by atoms with van der Waals surface area (Å²) >= 11 is 12.6. The largest absolute Gasteiger partial charge is 0.384 e. The predicted molar refractivity (Wildman–Crippen MR) is 137 cm³/mol. The number of nitrogens with zero attached hydrogens (tertiary/aromatic N) is 5. The summed E-state index contributed by atoms with van der Waals surface area (Å²) < 4.78 is 1.17. The van der Waals surface area contributed by atoms with Gasteiger partial charge in [-0.1, -0.05) is 35.3 Å². The van der Waals surface area contributed by atoms with Crippen LogP contribution in [0.25, 0.3) is 16.7 Å². The quantitative estimate of drug-likeness (QED) is 0.436. The second kappa shape index (κ2) is 8.87. The van der Waals surface area contributed by atoms with Gasteiger partial charge in [0.2, 0.25) is 5.95 Å². The zero-order chi connectivity index (χ0) is 24.0. The third-order valence-corrected chi connectivity index (χ3v) is 6.84. The highest BCUT2D eigenvalue weighted by molar-refractivity contribution is 6.37. The summed E-state index contributed by atoms with van der Waals surface area (Å²) in [7, 11) is 4.24. The molecule has 1 aliphatic rings. The van der Waals surface area contributed by atoms with Crippen LogP contribution in [0.2, 0.25) is 10.0 Å². The minimum Gasteiger partial charge on any atom is -0.384 e. The molecule has 0 saturated heterocycles. The van der Waals surface area contributed by atoms with Crippen molar-refractivity contribution in [2.45, 2.75) is 25.3 Å². The predicted octanol–water partition coefficient (Wildman–Crippen LogP) is 4.23. The fourth-order valence-corrected chi connectivity index (χ4v) is 4.93. The number of anilines is 3. The molecule has 0 bridgehead atoms. The Morgan fingerprint density at radius 3 is 2.62 bits per heavy atom. The highest BCUT2D eigenvalue weighted by atomic mass is 35.5. The molecule has 174 valence electrons. The Morgan fingerprint density at radius 1 is 1.12 bits per heavy atom. The van der Waals surface area contributed by atoms with Crippen molar-refractivity contribution in [2.24, 2.45) is 0 Å². The second-order valence-corrected chi connectivity index (χ2v) is 9.40. The summed E-state index contributed by atoms with van der Waals surface area (Å²) in [6.07, 6.45) is 4.76. The molecule has 1 atom stereocenters. The summed E-state index contributed by atoms with van der Waals surface area (Å²) in [5, 5.41) is 4.21. The van der Waals surface area contributed by atoms with Gasteiger partial charge in [-0.05, 0) is 68.8 Å². The molecular formula is C24H23Cl2N7O. The van der Waals surface area contributed by atoms with Crippen molar-refractivity contribution in [3.63, 3.8) is 0 Å². The summed E-state index contributed by atoms with van der Waals surface area (Å²) in [6, 6.07) is 11.8. The number of aryl methyl sites for hydroxylation is 1. The number of aromatic nitrogens is 4. The molecule has 10 heteroatoms. The lowest BCUT2D eigenvalue weighted by molar-refractivity contribution is 0.268. The maximum absolute atomic E-state index is 12.8. The third kappa shape index (κ3) is 4.09. The Hall–Kier alpha value is -3.20. The zero-order valence-corrected chi connectivity index (χ0v) is 20.2. The van der Waals surface area contributed by atoms with Gasteiger partial charge in [-0.25, -0.2) is 14.3 Å². The molecule has 0 fully saturated rings. The van der Waals surface area contributed by atoms with Crippen LogP contribution in [-0.4, -0.2) is 44.6 Å². The molecule has 8 nitrogen and oxygen atoms in total. The first kappa shape index (κ1) is 22.6. The van der Waals surface area contributed by atoms with Crippen molar-refractivity contribution in [3.05, 3.63) is 74.3 Å². The van der Waals surface area contributed by atoms with E-state index in [1.54, 1.807) is 18.2 Å². The SMILES string of the molecule is CN(C)[C@@H]1CCc2ccc(Nc3ncc4c(N)n(-c5c(Cl)cccc5Cl)c(=O)nc4n3)cc2C1. The smallest absolute Gasteiger partial charge is 0.355 e. The topological polar surface area (TPSA) is 102 Å². The van der Waals surface area contributed by atoms with E-state index < -0.39 is 5.69 Å². The standard InChI is InChI=1S/C24H23Cl2N7O/c1-32(2)16-9-7-13-6-8-15(10-14(13)11-16)29-23-28-12-17-21(27)33(24(34)31-22(17)30-23)20-18(25)4-3-5-19(20)26/h3-6,8,10,12,16H,7,9,11,27H2,1-2H3,(H,29,30,31,34)/t16-/m1/s1. The highest BCUT2D eigenvalue weighted by Gasteiger charge is 2.21. The van der Waals surface area contributed by atoms with Gasteiger partial charge in [0.1, 0.15) is 5.82 Å². The van der Waals surface area contributed by atoms with E-state index in [1.165, 1.54) is 21.9 Å². The third-order valence-electron chi connectivity index (χ3n) is 6.23. The molecule has 2 aromatic heterocycles. The highest BCUT2D eigenvalue weighted by Crippen LogP contribution is 2.31. The number of hydrogen-bond acceptors (Lipinski definition) is 7. The Bertz CT molecular complexity index is 1450. The molecule has 0 unspecified atom stereocenters. The first-order valence-corrected chi connectivity index (χ1v) is 11.6. The van der Waals surface area contributed by atoms with E-state index in [0.717, 1.165) is 24.9 Å². The number of para-hydroxylation sites is 1. The molecule has 2 heterocycles. The summed E-state index contributed by atoms with van der Waals surface area (Å²) in [6.45, 7) is 0. The number of nitrogen functional groups attached to an aromatic ring is 1. The van der Waals surface area contributed by atoms with Crippen molar-refractivity contribution in [1.82, 2.24) is 24.4 Å². The van der Waals surface area contributed by atoms with Crippen LogP contribution in [0.3, 0.4) is 0 Å². The fourth-order valence-electron chi connectivity index (χ4n) is 4.37. The van der Waals surface area contributed by atoms with Crippen molar-refractivity contribution >= 4 is 51.7 Å². The molecular weight excluding hydrogens is 473 g/mol. The number of nitrogens with one attached hydrogen (secondary N) is 1. The monoisotopic (exact) mass is 495 g/mol. The van der Waals surface area contributed by atoms with Gasteiger partial charge in [0.05, 0.1) is 21.1 Å². The maximum Gasteiger partial charge on any atom is 0.355 e. The normalized spacial score (nSPS) is 15.5. The second-order valence-electron chi connectivity index (χ2n) is 8.58. The Balaban J connectivity index is 1.49. The van der Waals surface area contributed by atoms with Crippen LogP contribution in [0.4, 0.5) is 17.5 Å². The van der Waals surface area contributed by atoms with Gasteiger partial charge < -0.3 is 16.0 Å². The van der Waals surface area contributed by atoms with E-state index in [9.17, 15) is 4.79 Å². The lowest BCUT2D eigenvalue weighted by atomic mass is 9.87. The Morgan fingerprint density at radius 2 is 1.88 bits per heavy atom. The number of likely N-dealkylation sites (N-methyl/N-ethyl adjacent to an activating group) is 1. The van der Waals surface area contributed by atoms with Crippen LogP contribution in [0.1, 0.15) is 17.5 Å². The number of hydrogen-bond donors (Lipinski definition) is 2. The number of rotatable bonds is 4.